The minimum atomic E-state index is -0.222. The number of likely N-dealkylation sites (tertiary alicyclic amines) is 1. The minimum absolute atomic E-state index is 0.0543. The van der Waals surface area contributed by atoms with Crippen LogP contribution in [0.15, 0.2) is 30.6 Å². The quantitative estimate of drug-likeness (QED) is 0.878. The molecule has 0 aliphatic carbocycles. The molecule has 2 aliphatic rings. The maximum Gasteiger partial charge on any atom is 0.291 e. The van der Waals surface area contributed by atoms with E-state index in [-0.39, 0.29) is 23.1 Å². The Balaban J connectivity index is 1.50. The van der Waals surface area contributed by atoms with Gasteiger partial charge in [-0.15, -0.1) is 0 Å². The van der Waals surface area contributed by atoms with Crippen LogP contribution in [0.25, 0.3) is 0 Å². The number of H-pyrrole nitrogens is 1. The smallest absolute Gasteiger partial charge is 0.291 e. The van der Waals surface area contributed by atoms with Crippen molar-refractivity contribution in [2.75, 3.05) is 24.5 Å². The number of aromatic amines is 1. The Hall–Kier alpha value is -3.21. The van der Waals surface area contributed by atoms with E-state index in [9.17, 15) is 9.59 Å². The Kier molecular flexibility index (Phi) is 3.50. The zero-order valence-electron chi connectivity index (χ0n) is 13.5. The Morgan fingerprint density at radius 2 is 2.08 bits per heavy atom. The second-order valence-electron chi connectivity index (χ2n) is 6.63. The second kappa shape index (κ2) is 5.70. The third-order valence-electron chi connectivity index (χ3n) is 4.97. The molecule has 2 amide bonds. The van der Waals surface area contributed by atoms with Crippen molar-refractivity contribution in [2.45, 2.75) is 12.8 Å². The molecule has 2 aliphatic heterocycles. The highest BCUT2D eigenvalue weighted by Crippen LogP contribution is 2.42. The number of carbonyl (C=O) groups is 2. The van der Waals surface area contributed by atoms with Crippen LogP contribution in [0, 0.1) is 16.7 Å². The summed E-state index contributed by atoms with van der Waals surface area (Å²) >= 11 is 0. The molecule has 8 heteroatoms. The summed E-state index contributed by atoms with van der Waals surface area (Å²) in [6.07, 6.45) is 2.52. The van der Waals surface area contributed by atoms with Gasteiger partial charge in [0, 0.05) is 37.2 Å². The number of anilines is 1. The third-order valence-corrected chi connectivity index (χ3v) is 4.97. The van der Waals surface area contributed by atoms with Crippen molar-refractivity contribution < 1.29 is 9.59 Å². The predicted molar refractivity (Wildman–Crippen MR) is 87.5 cm³/mol. The number of hydrogen-bond acceptors (Lipinski definition) is 5. The van der Waals surface area contributed by atoms with Crippen molar-refractivity contribution in [1.82, 2.24) is 20.1 Å². The van der Waals surface area contributed by atoms with Crippen LogP contribution in [0.1, 0.15) is 29.0 Å². The lowest BCUT2D eigenvalue weighted by atomic mass is 9.86. The maximum absolute atomic E-state index is 12.5. The lowest BCUT2D eigenvalue weighted by Crippen LogP contribution is -2.34. The fourth-order valence-corrected chi connectivity index (χ4v) is 3.69. The Labute approximate surface area is 144 Å². The van der Waals surface area contributed by atoms with Crippen molar-refractivity contribution in [3.8, 4) is 6.07 Å². The normalized spacial score (nSPS) is 22.6. The van der Waals surface area contributed by atoms with E-state index >= 15 is 0 Å². The number of nitrogens with one attached hydrogen (secondary N) is 1. The summed E-state index contributed by atoms with van der Waals surface area (Å²) in [6.45, 7) is 1.72. The first-order valence-electron chi connectivity index (χ1n) is 8.05. The van der Waals surface area contributed by atoms with Gasteiger partial charge in [0.1, 0.15) is 6.33 Å². The van der Waals surface area contributed by atoms with Crippen LogP contribution in [0.2, 0.25) is 0 Å². The zero-order chi connectivity index (χ0) is 17.4. The van der Waals surface area contributed by atoms with Gasteiger partial charge in [-0.05, 0) is 30.7 Å². The van der Waals surface area contributed by atoms with Gasteiger partial charge in [0.2, 0.25) is 11.7 Å². The molecule has 25 heavy (non-hydrogen) atoms. The van der Waals surface area contributed by atoms with Gasteiger partial charge in [0.25, 0.3) is 5.91 Å². The molecule has 1 atom stereocenters. The van der Waals surface area contributed by atoms with Gasteiger partial charge >= 0.3 is 0 Å². The molecule has 0 saturated carbocycles. The number of hydrogen-bond donors (Lipinski definition) is 1. The highest BCUT2D eigenvalue weighted by atomic mass is 16.2. The van der Waals surface area contributed by atoms with Crippen LogP contribution in [-0.2, 0) is 4.79 Å². The summed E-state index contributed by atoms with van der Waals surface area (Å²) in [5.41, 5.74) is 1.14. The van der Waals surface area contributed by atoms with Gasteiger partial charge in [-0.1, -0.05) is 0 Å². The number of amides is 2. The average Bonchev–Trinajstić information content (AvgIpc) is 3.36. The first-order valence-corrected chi connectivity index (χ1v) is 8.05. The van der Waals surface area contributed by atoms with E-state index in [1.807, 2.05) is 0 Å². The molecular weight excluding hydrogens is 320 g/mol. The Morgan fingerprint density at radius 1 is 1.28 bits per heavy atom. The fourth-order valence-electron chi connectivity index (χ4n) is 3.69. The summed E-state index contributed by atoms with van der Waals surface area (Å²) in [6, 6.07) is 9.08. The lowest BCUT2D eigenvalue weighted by Gasteiger charge is -2.24. The monoisotopic (exact) mass is 336 g/mol. The molecule has 8 nitrogen and oxygen atoms in total. The average molecular weight is 336 g/mol. The van der Waals surface area contributed by atoms with Crippen molar-refractivity contribution in [3.63, 3.8) is 0 Å². The SMILES string of the molecule is N#Cc1ccc(N2C[C@@]3(CCN(C(=O)c4ncn[nH]4)C3)CC2=O)cc1. The number of carbonyl (C=O) groups excluding carboxylic acids is 2. The number of benzene rings is 1. The largest absolute Gasteiger partial charge is 0.335 e. The summed E-state index contributed by atoms with van der Waals surface area (Å²) in [5, 5.41) is 15.2. The summed E-state index contributed by atoms with van der Waals surface area (Å²) in [7, 11) is 0. The molecule has 2 saturated heterocycles. The molecule has 0 bridgehead atoms. The maximum atomic E-state index is 12.5. The van der Waals surface area contributed by atoms with Gasteiger partial charge in [0.15, 0.2) is 0 Å². The molecule has 1 N–H and O–H groups in total. The molecule has 126 valence electrons. The van der Waals surface area contributed by atoms with Crippen LogP contribution in [0.5, 0.6) is 0 Å². The van der Waals surface area contributed by atoms with Crippen molar-refractivity contribution >= 4 is 17.5 Å². The first-order chi connectivity index (χ1) is 12.1. The van der Waals surface area contributed by atoms with Crippen LogP contribution < -0.4 is 4.90 Å². The first kappa shape index (κ1) is 15.3. The predicted octanol–water partition coefficient (Wildman–Crippen LogP) is 0.946. The number of nitrogens with zero attached hydrogens (tertiary/aromatic N) is 5. The second-order valence-corrected chi connectivity index (χ2v) is 6.63. The van der Waals surface area contributed by atoms with E-state index in [2.05, 4.69) is 21.3 Å². The molecule has 1 spiro atoms. The topological polar surface area (TPSA) is 106 Å². The summed E-state index contributed by atoms with van der Waals surface area (Å²) in [5.74, 6) is 0.0997. The Morgan fingerprint density at radius 3 is 2.76 bits per heavy atom. The highest BCUT2D eigenvalue weighted by molar-refractivity contribution is 5.97. The van der Waals surface area contributed by atoms with E-state index in [4.69, 9.17) is 5.26 Å². The molecular formula is C17H16N6O2. The van der Waals surface area contributed by atoms with Crippen LogP contribution in [-0.4, -0.2) is 51.5 Å². The third kappa shape index (κ3) is 2.63. The Bertz CT molecular complexity index is 854. The van der Waals surface area contributed by atoms with Gasteiger partial charge in [-0.25, -0.2) is 4.98 Å². The molecule has 3 heterocycles. The van der Waals surface area contributed by atoms with E-state index in [1.165, 1.54) is 6.33 Å². The van der Waals surface area contributed by atoms with Crippen molar-refractivity contribution in [1.29, 1.82) is 5.26 Å². The molecule has 1 aromatic carbocycles. The van der Waals surface area contributed by atoms with E-state index < -0.39 is 0 Å². The molecule has 0 unspecified atom stereocenters. The van der Waals surface area contributed by atoms with Crippen molar-refractivity contribution in [3.05, 3.63) is 42.0 Å². The number of aromatic nitrogens is 3. The van der Waals surface area contributed by atoms with Crippen LogP contribution in [0.4, 0.5) is 5.69 Å². The van der Waals surface area contributed by atoms with E-state index in [0.29, 0.717) is 31.6 Å². The van der Waals surface area contributed by atoms with E-state index in [1.54, 1.807) is 34.1 Å². The standard InChI is InChI=1S/C17H16N6O2/c18-8-12-1-3-13(4-2-12)23-10-17(7-14(23)24)5-6-22(9-17)16(25)15-19-11-20-21-15/h1-4,11H,5-7,9-10H2,(H,19,20,21)/t17-/m0/s1. The van der Waals surface area contributed by atoms with Crippen molar-refractivity contribution in [2.24, 2.45) is 5.41 Å². The summed E-state index contributed by atoms with van der Waals surface area (Å²) < 4.78 is 0. The zero-order valence-corrected chi connectivity index (χ0v) is 13.5. The number of rotatable bonds is 2. The molecule has 1 aromatic heterocycles. The lowest BCUT2D eigenvalue weighted by molar-refractivity contribution is -0.117. The van der Waals surface area contributed by atoms with Crippen LogP contribution in [0.3, 0.4) is 0 Å². The minimum Gasteiger partial charge on any atom is -0.335 e. The van der Waals surface area contributed by atoms with Gasteiger partial charge < -0.3 is 9.80 Å². The van der Waals surface area contributed by atoms with Gasteiger partial charge in [-0.3, -0.25) is 14.7 Å². The summed E-state index contributed by atoms with van der Waals surface area (Å²) in [4.78, 5) is 32.3. The highest BCUT2D eigenvalue weighted by Gasteiger charge is 2.49. The molecule has 0 radical (unpaired) electrons. The molecule has 4 rings (SSSR count). The van der Waals surface area contributed by atoms with Gasteiger partial charge in [-0.2, -0.15) is 10.4 Å². The van der Waals surface area contributed by atoms with Gasteiger partial charge in [0.05, 0.1) is 11.6 Å². The molecule has 2 aromatic rings. The fraction of sp³-hybridized carbons (Fsp3) is 0.353. The molecule has 2 fully saturated rings. The number of nitriles is 1. The van der Waals surface area contributed by atoms with E-state index in [0.717, 1.165) is 12.1 Å². The van der Waals surface area contributed by atoms with Crippen LogP contribution >= 0.6 is 0 Å².